The standard InChI is InChI=1S/C12H11F3N2O/c13-12(14,15)10-3-1-2-4-11(10,18)5-9-6-16-8-17-7-9/h1-4,6-8,10,18H,5H2. The van der Waals surface area contributed by atoms with E-state index in [1.165, 1.54) is 30.9 Å². The van der Waals surface area contributed by atoms with Gasteiger partial charge in [-0.2, -0.15) is 13.2 Å². The summed E-state index contributed by atoms with van der Waals surface area (Å²) in [6.07, 6.45) is 4.22. The Labute approximate surface area is 102 Å². The van der Waals surface area contributed by atoms with Gasteiger partial charge in [0.25, 0.3) is 0 Å². The molecule has 6 heteroatoms. The maximum atomic E-state index is 12.9. The number of aliphatic hydroxyl groups is 1. The average Bonchev–Trinajstić information content (AvgIpc) is 2.28. The molecular formula is C12H11F3N2O. The van der Waals surface area contributed by atoms with Crippen LogP contribution in [-0.2, 0) is 6.42 Å². The summed E-state index contributed by atoms with van der Waals surface area (Å²) < 4.78 is 38.6. The number of halogens is 3. The van der Waals surface area contributed by atoms with Crippen LogP contribution in [0.5, 0.6) is 0 Å². The molecule has 0 fully saturated rings. The van der Waals surface area contributed by atoms with Gasteiger partial charge in [0.05, 0.1) is 0 Å². The molecule has 1 N–H and O–H groups in total. The highest BCUT2D eigenvalue weighted by Gasteiger charge is 2.50. The molecule has 3 nitrogen and oxygen atoms in total. The minimum absolute atomic E-state index is 0.182. The van der Waals surface area contributed by atoms with E-state index in [0.29, 0.717) is 5.56 Å². The van der Waals surface area contributed by atoms with Crippen LogP contribution >= 0.6 is 0 Å². The third-order valence-corrected chi connectivity index (χ3v) is 2.79. The Hall–Kier alpha value is -1.69. The second-order valence-corrected chi connectivity index (χ2v) is 4.18. The average molecular weight is 256 g/mol. The molecule has 1 aliphatic carbocycles. The van der Waals surface area contributed by atoms with Crippen LogP contribution in [-0.4, -0.2) is 26.9 Å². The van der Waals surface area contributed by atoms with E-state index in [9.17, 15) is 18.3 Å². The molecule has 2 rings (SSSR count). The van der Waals surface area contributed by atoms with Crippen molar-refractivity contribution in [2.24, 2.45) is 5.92 Å². The molecule has 1 heterocycles. The molecule has 0 bridgehead atoms. The predicted octanol–water partition coefficient (Wildman–Crippen LogP) is 2.05. The van der Waals surface area contributed by atoms with Crippen molar-refractivity contribution < 1.29 is 18.3 Å². The Morgan fingerprint density at radius 1 is 1.22 bits per heavy atom. The largest absolute Gasteiger partial charge is 0.398 e. The van der Waals surface area contributed by atoms with Crippen LogP contribution in [0.2, 0.25) is 0 Å². The van der Waals surface area contributed by atoms with Gasteiger partial charge in [-0.05, 0) is 5.56 Å². The molecule has 0 saturated carbocycles. The van der Waals surface area contributed by atoms with E-state index in [1.807, 2.05) is 0 Å². The predicted molar refractivity (Wildman–Crippen MR) is 58.5 cm³/mol. The van der Waals surface area contributed by atoms with E-state index in [-0.39, 0.29) is 6.42 Å². The summed E-state index contributed by atoms with van der Waals surface area (Å²) in [6, 6.07) is 0. The van der Waals surface area contributed by atoms with Gasteiger partial charge in [-0.25, -0.2) is 9.97 Å². The zero-order chi connectivity index (χ0) is 13.2. The van der Waals surface area contributed by atoms with Crippen molar-refractivity contribution in [1.29, 1.82) is 0 Å². The molecule has 18 heavy (non-hydrogen) atoms. The summed E-state index contributed by atoms with van der Waals surface area (Å²) in [5, 5.41) is 10.2. The Morgan fingerprint density at radius 3 is 2.50 bits per heavy atom. The van der Waals surface area contributed by atoms with Gasteiger partial charge in [-0.3, -0.25) is 0 Å². The minimum Gasteiger partial charge on any atom is -0.384 e. The maximum Gasteiger partial charge on any atom is 0.398 e. The maximum absolute atomic E-state index is 12.9. The molecule has 0 radical (unpaired) electrons. The first kappa shape index (κ1) is 12.8. The van der Waals surface area contributed by atoms with Crippen molar-refractivity contribution in [3.05, 3.63) is 48.6 Å². The number of allylic oxidation sites excluding steroid dienone is 2. The molecule has 0 aromatic carbocycles. The first-order chi connectivity index (χ1) is 8.42. The number of alkyl halides is 3. The number of aromatic nitrogens is 2. The molecule has 0 saturated heterocycles. The second-order valence-electron chi connectivity index (χ2n) is 4.18. The van der Waals surface area contributed by atoms with E-state index < -0.39 is 17.7 Å². The lowest BCUT2D eigenvalue weighted by Gasteiger charge is -2.34. The number of hydrogen-bond acceptors (Lipinski definition) is 3. The molecule has 1 aromatic heterocycles. The molecule has 1 aliphatic rings. The topological polar surface area (TPSA) is 46.0 Å². The molecular weight excluding hydrogens is 245 g/mol. The number of hydrogen-bond donors (Lipinski definition) is 1. The highest BCUT2D eigenvalue weighted by atomic mass is 19.4. The van der Waals surface area contributed by atoms with Crippen molar-refractivity contribution >= 4 is 0 Å². The Bertz CT molecular complexity index is 470. The van der Waals surface area contributed by atoms with Crippen LogP contribution < -0.4 is 0 Å². The lowest BCUT2D eigenvalue weighted by Crippen LogP contribution is -2.46. The summed E-state index contributed by atoms with van der Waals surface area (Å²) in [7, 11) is 0. The molecule has 2 unspecified atom stereocenters. The highest BCUT2D eigenvalue weighted by molar-refractivity contribution is 5.26. The lowest BCUT2D eigenvalue weighted by molar-refractivity contribution is -0.200. The number of nitrogens with zero attached hydrogens (tertiary/aromatic N) is 2. The van der Waals surface area contributed by atoms with Crippen molar-refractivity contribution in [2.75, 3.05) is 0 Å². The van der Waals surface area contributed by atoms with E-state index in [0.717, 1.165) is 12.2 Å². The third-order valence-electron chi connectivity index (χ3n) is 2.79. The zero-order valence-electron chi connectivity index (χ0n) is 9.30. The van der Waals surface area contributed by atoms with Crippen molar-refractivity contribution in [3.63, 3.8) is 0 Å². The van der Waals surface area contributed by atoms with Gasteiger partial charge in [0.1, 0.15) is 17.8 Å². The number of rotatable bonds is 2. The first-order valence-electron chi connectivity index (χ1n) is 5.31. The summed E-state index contributed by atoms with van der Waals surface area (Å²) in [6.45, 7) is 0. The molecule has 1 aromatic rings. The summed E-state index contributed by atoms with van der Waals surface area (Å²) in [5.41, 5.74) is -1.54. The van der Waals surface area contributed by atoms with Crippen LogP contribution in [0, 0.1) is 5.92 Å². The van der Waals surface area contributed by atoms with Crippen molar-refractivity contribution in [2.45, 2.75) is 18.2 Å². The van der Waals surface area contributed by atoms with Crippen LogP contribution in [0.25, 0.3) is 0 Å². The van der Waals surface area contributed by atoms with Gasteiger partial charge < -0.3 is 5.11 Å². The van der Waals surface area contributed by atoms with E-state index in [2.05, 4.69) is 9.97 Å². The van der Waals surface area contributed by atoms with Gasteiger partial charge in [0.2, 0.25) is 0 Å². The third kappa shape index (κ3) is 2.59. The summed E-state index contributed by atoms with van der Waals surface area (Å²) in [5.74, 6) is -1.92. The van der Waals surface area contributed by atoms with Crippen molar-refractivity contribution in [3.8, 4) is 0 Å². The van der Waals surface area contributed by atoms with E-state index >= 15 is 0 Å². The molecule has 96 valence electrons. The van der Waals surface area contributed by atoms with Gasteiger partial charge in [-0.1, -0.05) is 24.3 Å². The Balaban J connectivity index is 2.28. The Kier molecular flexibility index (Phi) is 3.21. The SMILES string of the molecule is OC1(Cc2cncnc2)C=CC=CC1C(F)(F)F. The lowest BCUT2D eigenvalue weighted by atomic mass is 9.79. The van der Waals surface area contributed by atoms with Gasteiger partial charge in [0.15, 0.2) is 0 Å². The van der Waals surface area contributed by atoms with Gasteiger partial charge in [0, 0.05) is 18.8 Å². The van der Waals surface area contributed by atoms with Crippen LogP contribution in [0.1, 0.15) is 5.56 Å². The van der Waals surface area contributed by atoms with Crippen LogP contribution in [0.15, 0.2) is 43.0 Å². The molecule has 0 spiro atoms. The monoisotopic (exact) mass is 256 g/mol. The van der Waals surface area contributed by atoms with Crippen molar-refractivity contribution in [1.82, 2.24) is 9.97 Å². The fourth-order valence-corrected chi connectivity index (χ4v) is 1.98. The van der Waals surface area contributed by atoms with Gasteiger partial charge in [-0.15, -0.1) is 0 Å². The zero-order valence-corrected chi connectivity index (χ0v) is 9.30. The smallest absolute Gasteiger partial charge is 0.384 e. The normalized spacial score (nSPS) is 27.4. The van der Waals surface area contributed by atoms with Crippen LogP contribution in [0.4, 0.5) is 13.2 Å². The quantitative estimate of drug-likeness (QED) is 0.881. The highest BCUT2D eigenvalue weighted by Crippen LogP contribution is 2.39. The fraction of sp³-hybridized carbons (Fsp3) is 0.333. The van der Waals surface area contributed by atoms with Gasteiger partial charge >= 0.3 is 6.18 Å². The summed E-state index contributed by atoms with van der Waals surface area (Å²) in [4.78, 5) is 7.45. The summed E-state index contributed by atoms with van der Waals surface area (Å²) >= 11 is 0. The van der Waals surface area contributed by atoms with E-state index in [4.69, 9.17) is 0 Å². The fourth-order valence-electron chi connectivity index (χ4n) is 1.98. The Morgan fingerprint density at radius 2 is 1.89 bits per heavy atom. The second kappa shape index (κ2) is 4.53. The minimum atomic E-state index is -4.49. The molecule has 0 aliphatic heterocycles. The first-order valence-corrected chi connectivity index (χ1v) is 5.31. The molecule has 2 atom stereocenters. The van der Waals surface area contributed by atoms with Crippen LogP contribution in [0.3, 0.4) is 0 Å². The van der Waals surface area contributed by atoms with E-state index in [1.54, 1.807) is 0 Å². The molecule has 0 amide bonds.